The molecule has 0 amide bonds. The Morgan fingerprint density at radius 2 is 1.85 bits per heavy atom. The molecule has 2 rings (SSSR count). The Hall–Kier alpha value is -1.11. The van der Waals surface area contributed by atoms with E-state index in [4.69, 9.17) is 4.74 Å². The van der Waals surface area contributed by atoms with Crippen LogP contribution in [0, 0.1) is 11.8 Å². The van der Waals surface area contributed by atoms with Crippen LogP contribution >= 0.6 is 0 Å². The number of ketones is 1. The average molecular weight is 293 g/mol. The summed E-state index contributed by atoms with van der Waals surface area (Å²) in [5.74, 6) is -1.17. The normalized spacial score (nSPS) is 24.4. The second kappa shape index (κ2) is 6.11. The molecule has 1 atom stereocenters. The van der Waals surface area contributed by atoms with Crippen molar-refractivity contribution in [2.45, 2.75) is 31.9 Å². The maximum Gasteiger partial charge on any atom is 0.401 e. The van der Waals surface area contributed by atoms with E-state index in [2.05, 4.69) is 0 Å². The van der Waals surface area contributed by atoms with Gasteiger partial charge in [0, 0.05) is 12.5 Å². The standard InChI is InChI=1S/C13H18F3NO3/c14-13(15,16)8-17-5-1-2-10(6-17)12(19)20-7-11(18)9-3-4-9/h9-10H,1-8H2/t10-/m1/s1. The van der Waals surface area contributed by atoms with Crippen LogP contribution < -0.4 is 0 Å². The first-order chi connectivity index (χ1) is 9.35. The van der Waals surface area contributed by atoms with E-state index in [9.17, 15) is 22.8 Å². The van der Waals surface area contributed by atoms with Crippen LogP contribution in [-0.4, -0.2) is 49.1 Å². The summed E-state index contributed by atoms with van der Waals surface area (Å²) in [6.07, 6.45) is -1.51. The number of Topliss-reactive ketones (excluding diaryl/α,β-unsaturated/α-hetero) is 1. The lowest BCUT2D eigenvalue weighted by atomic mass is 9.98. The molecule has 0 N–H and O–H groups in total. The third kappa shape index (κ3) is 4.77. The second-order valence-corrected chi connectivity index (χ2v) is 5.54. The van der Waals surface area contributed by atoms with Gasteiger partial charge in [0.2, 0.25) is 0 Å². The van der Waals surface area contributed by atoms with Crippen molar-refractivity contribution in [3.05, 3.63) is 0 Å². The smallest absolute Gasteiger partial charge is 0.401 e. The van der Waals surface area contributed by atoms with Gasteiger partial charge in [0.15, 0.2) is 5.78 Å². The Balaban J connectivity index is 1.75. The fourth-order valence-electron chi connectivity index (χ4n) is 2.43. The maximum atomic E-state index is 12.3. The highest BCUT2D eigenvalue weighted by Gasteiger charge is 2.36. The first-order valence-corrected chi connectivity index (χ1v) is 6.83. The molecule has 0 unspecified atom stereocenters. The monoisotopic (exact) mass is 293 g/mol. The van der Waals surface area contributed by atoms with Crippen molar-refractivity contribution in [2.75, 3.05) is 26.2 Å². The van der Waals surface area contributed by atoms with E-state index in [1.807, 2.05) is 0 Å². The molecule has 2 fully saturated rings. The van der Waals surface area contributed by atoms with Crippen molar-refractivity contribution in [2.24, 2.45) is 11.8 Å². The molecule has 0 spiro atoms. The van der Waals surface area contributed by atoms with Gasteiger partial charge in [-0.3, -0.25) is 14.5 Å². The molecule has 0 aromatic carbocycles. The molecular weight excluding hydrogens is 275 g/mol. The predicted octanol–water partition coefficient (Wildman–Crippen LogP) is 1.78. The van der Waals surface area contributed by atoms with E-state index in [-0.39, 0.29) is 24.9 Å². The minimum atomic E-state index is -4.26. The number of nitrogens with zero attached hydrogens (tertiary/aromatic N) is 1. The predicted molar refractivity (Wildman–Crippen MR) is 63.9 cm³/mol. The van der Waals surface area contributed by atoms with Crippen LogP contribution in [0.5, 0.6) is 0 Å². The zero-order valence-electron chi connectivity index (χ0n) is 11.1. The number of halogens is 3. The Morgan fingerprint density at radius 1 is 1.15 bits per heavy atom. The summed E-state index contributed by atoms with van der Waals surface area (Å²) in [6, 6.07) is 0. The number of esters is 1. The lowest BCUT2D eigenvalue weighted by molar-refractivity contribution is -0.161. The van der Waals surface area contributed by atoms with Crippen molar-refractivity contribution in [3.8, 4) is 0 Å². The van der Waals surface area contributed by atoms with Gasteiger partial charge in [-0.1, -0.05) is 0 Å². The van der Waals surface area contributed by atoms with Gasteiger partial charge in [0.05, 0.1) is 12.5 Å². The quantitative estimate of drug-likeness (QED) is 0.725. The summed E-state index contributed by atoms with van der Waals surface area (Å²) in [5, 5.41) is 0. The van der Waals surface area contributed by atoms with Gasteiger partial charge in [0.1, 0.15) is 6.61 Å². The summed E-state index contributed by atoms with van der Waals surface area (Å²) in [6.45, 7) is -0.850. The first kappa shape index (κ1) is 15.3. The number of carbonyl (C=O) groups excluding carboxylic acids is 2. The molecule has 0 bridgehead atoms. The van der Waals surface area contributed by atoms with Crippen molar-refractivity contribution >= 4 is 11.8 Å². The molecule has 0 aromatic rings. The fourth-order valence-corrected chi connectivity index (χ4v) is 2.43. The minimum Gasteiger partial charge on any atom is -0.457 e. The van der Waals surface area contributed by atoms with E-state index in [0.717, 1.165) is 12.8 Å². The van der Waals surface area contributed by atoms with Crippen LogP contribution in [0.3, 0.4) is 0 Å². The van der Waals surface area contributed by atoms with Crippen LogP contribution in [-0.2, 0) is 14.3 Å². The molecule has 7 heteroatoms. The summed E-state index contributed by atoms with van der Waals surface area (Å²) in [7, 11) is 0. The number of carbonyl (C=O) groups is 2. The Kier molecular flexibility index (Phi) is 4.67. The highest BCUT2D eigenvalue weighted by atomic mass is 19.4. The van der Waals surface area contributed by atoms with Crippen molar-refractivity contribution in [1.82, 2.24) is 4.90 Å². The second-order valence-electron chi connectivity index (χ2n) is 5.54. The number of alkyl halides is 3. The van der Waals surface area contributed by atoms with E-state index in [0.29, 0.717) is 19.4 Å². The van der Waals surface area contributed by atoms with E-state index >= 15 is 0 Å². The van der Waals surface area contributed by atoms with Gasteiger partial charge in [-0.15, -0.1) is 0 Å². The molecule has 1 aliphatic heterocycles. The zero-order chi connectivity index (χ0) is 14.8. The SMILES string of the molecule is O=C(COC(=O)[C@@H]1CCCN(CC(F)(F)F)C1)C1CC1. The summed E-state index contributed by atoms with van der Waals surface area (Å²) < 4.78 is 41.9. The van der Waals surface area contributed by atoms with Crippen molar-refractivity contribution in [3.63, 3.8) is 0 Å². The van der Waals surface area contributed by atoms with Gasteiger partial charge in [0.25, 0.3) is 0 Å². The maximum absolute atomic E-state index is 12.3. The Labute approximate surface area is 115 Å². The van der Waals surface area contributed by atoms with E-state index in [1.165, 1.54) is 4.90 Å². The third-order valence-corrected chi connectivity index (χ3v) is 3.63. The summed E-state index contributed by atoms with van der Waals surface area (Å²) in [4.78, 5) is 24.4. The van der Waals surface area contributed by atoms with Gasteiger partial charge in [-0.05, 0) is 32.2 Å². The van der Waals surface area contributed by atoms with Crippen LogP contribution in [0.25, 0.3) is 0 Å². The van der Waals surface area contributed by atoms with Crippen molar-refractivity contribution < 1.29 is 27.5 Å². The Bertz CT molecular complexity index is 380. The molecule has 0 radical (unpaired) electrons. The molecule has 2 aliphatic rings. The number of hydrogen-bond acceptors (Lipinski definition) is 4. The number of ether oxygens (including phenoxy) is 1. The van der Waals surface area contributed by atoms with E-state index in [1.54, 1.807) is 0 Å². The number of hydrogen-bond donors (Lipinski definition) is 0. The highest BCUT2D eigenvalue weighted by molar-refractivity contribution is 5.86. The molecule has 20 heavy (non-hydrogen) atoms. The van der Waals surface area contributed by atoms with Crippen molar-refractivity contribution in [1.29, 1.82) is 0 Å². The van der Waals surface area contributed by atoms with Crippen LogP contribution in [0.2, 0.25) is 0 Å². The number of likely N-dealkylation sites (tertiary alicyclic amines) is 1. The molecule has 1 saturated carbocycles. The molecule has 1 heterocycles. The lowest BCUT2D eigenvalue weighted by Gasteiger charge is -2.31. The molecule has 114 valence electrons. The summed E-state index contributed by atoms with van der Waals surface area (Å²) >= 11 is 0. The Morgan fingerprint density at radius 3 is 2.45 bits per heavy atom. The highest BCUT2D eigenvalue weighted by Crippen LogP contribution is 2.30. The number of rotatable bonds is 5. The van der Waals surface area contributed by atoms with Gasteiger partial charge in [-0.2, -0.15) is 13.2 Å². The van der Waals surface area contributed by atoms with Crippen LogP contribution in [0.1, 0.15) is 25.7 Å². The van der Waals surface area contributed by atoms with Gasteiger partial charge < -0.3 is 4.74 Å². The molecule has 1 saturated heterocycles. The number of piperidine rings is 1. The van der Waals surface area contributed by atoms with E-state index < -0.39 is 24.6 Å². The minimum absolute atomic E-state index is 0.0240. The van der Waals surface area contributed by atoms with Gasteiger partial charge >= 0.3 is 12.1 Å². The zero-order valence-corrected chi connectivity index (χ0v) is 11.1. The molecule has 0 aromatic heterocycles. The average Bonchev–Trinajstić information content (AvgIpc) is 3.18. The molecule has 1 aliphatic carbocycles. The van der Waals surface area contributed by atoms with Gasteiger partial charge in [-0.25, -0.2) is 0 Å². The summed E-state index contributed by atoms with van der Waals surface area (Å²) in [5.41, 5.74) is 0. The fraction of sp³-hybridized carbons (Fsp3) is 0.846. The van der Waals surface area contributed by atoms with Crippen LogP contribution in [0.15, 0.2) is 0 Å². The lowest BCUT2D eigenvalue weighted by Crippen LogP contribution is -2.43. The molecule has 4 nitrogen and oxygen atoms in total. The molecular formula is C13H18F3NO3. The van der Waals surface area contributed by atoms with Crippen LogP contribution in [0.4, 0.5) is 13.2 Å². The largest absolute Gasteiger partial charge is 0.457 e. The topological polar surface area (TPSA) is 46.6 Å². The third-order valence-electron chi connectivity index (χ3n) is 3.63. The first-order valence-electron chi connectivity index (χ1n) is 6.83.